The molecule has 0 spiro atoms. The van der Waals surface area contributed by atoms with Crippen LogP contribution in [0.2, 0.25) is 5.02 Å². The summed E-state index contributed by atoms with van der Waals surface area (Å²) in [6.45, 7) is 6.91. The first-order valence-electron chi connectivity index (χ1n) is 6.09. The molecule has 2 aromatic rings. The van der Waals surface area contributed by atoms with Gasteiger partial charge in [-0.05, 0) is 66.3 Å². The first kappa shape index (κ1) is 13.1. The molecule has 2 rings (SSSR count). The van der Waals surface area contributed by atoms with Gasteiger partial charge in [-0.2, -0.15) is 0 Å². The monoisotopic (exact) mass is 259 g/mol. The first-order chi connectivity index (χ1) is 8.52. The van der Waals surface area contributed by atoms with E-state index >= 15 is 0 Å². The quantitative estimate of drug-likeness (QED) is 0.850. The molecule has 2 heteroatoms. The molecule has 1 nitrogen and oxygen atoms in total. The molecule has 0 aliphatic heterocycles. The number of benzene rings is 2. The molecule has 0 aliphatic rings. The van der Waals surface area contributed by atoms with E-state index in [1.807, 2.05) is 12.1 Å². The van der Waals surface area contributed by atoms with E-state index in [2.05, 4.69) is 39.0 Å². The Labute approximate surface area is 114 Å². The van der Waals surface area contributed by atoms with Crippen molar-refractivity contribution in [2.24, 2.45) is 5.73 Å². The lowest BCUT2D eigenvalue weighted by Gasteiger charge is -2.14. The standard InChI is InChI=1S/C16H18ClN/c1-10-6-12(3)16(7-11(10)2)15-5-4-14(17)8-13(15)9-18/h4-8H,9,18H2,1-3H3. The summed E-state index contributed by atoms with van der Waals surface area (Å²) in [5.74, 6) is 0. The van der Waals surface area contributed by atoms with Crippen molar-refractivity contribution in [3.8, 4) is 11.1 Å². The van der Waals surface area contributed by atoms with E-state index in [1.165, 1.54) is 27.8 Å². The van der Waals surface area contributed by atoms with E-state index in [0.717, 1.165) is 10.6 Å². The molecule has 0 atom stereocenters. The van der Waals surface area contributed by atoms with Gasteiger partial charge in [0.1, 0.15) is 0 Å². The van der Waals surface area contributed by atoms with Gasteiger partial charge in [-0.15, -0.1) is 0 Å². The highest BCUT2D eigenvalue weighted by atomic mass is 35.5. The molecule has 0 amide bonds. The van der Waals surface area contributed by atoms with Crippen molar-refractivity contribution in [2.45, 2.75) is 27.3 Å². The first-order valence-corrected chi connectivity index (χ1v) is 6.47. The Morgan fingerprint density at radius 3 is 2.22 bits per heavy atom. The molecule has 94 valence electrons. The summed E-state index contributed by atoms with van der Waals surface area (Å²) in [5, 5.41) is 0.737. The van der Waals surface area contributed by atoms with Crippen molar-refractivity contribution in [3.05, 3.63) is 57.6 Å². The van der Waals surface area contributed by atoms with E-state index < -0.39 is 0 Å². The van der Waals surface area contributed by atoms with Crippen LogP contribution >= 0.6 is 11.6 Å². The van der Waals surface area contributed by atoms with Gasteiger partial charge in [-0.25, -0.2) is 0 Å². The van der Waals surface area contributed by atoms with Gasteiger partial charge < -0.3 is 5.73 Å². The number of halogens is 1. The summed E-state index contributed by atoms with van der Waals surface area (Å²) in [6.07, 6.45) is 0. The fourth-order valence-electron chi connectivity index (χ4n) is 2.24. The average Bonchev–Trinajstić information content (AvgIpc) is 2.34. The Kier molecular flexibility index (Phi) is 3.74. The molecule has 0 unspecified atom stereocenters. The van der Waals surface area contributed by atoms with Gasteiger partial charge in [0.25, 0.3) is 0 Å². The van der Waals surface area contributed by atoms with E-state index in [9.17, 15) is 0 Å². The topological polar surface area (TPSA) is 26.0 Å². The molecule has 0 heterocycles. The number of rotatable bonds is 2. The predicted molar refractivity (Wildman–Crippen MR) is 79.0 cm³/mol. The van der Waals surface area contributed by atoms with Crippen LogP contribution in [0.3, 0.4) is 0 Å². The minimum atomic E-state index is 0.502. The third-order valence-corrected chi connectivity index (χ3v) is 3.65. The lowest BCUT2D eigenvalue weighted by molar-refractivity contribution is 1.07. The maximum absolute atomic E-state index is 6.02. The van der Waals surface area contributed by atoms with E-state index in [4.69, 9.17) is 17.3 Å². The van der Waals surface area contributed by atoms with E-state index in [1.54, 1.807) is 0 Å². The summed E-state index contributed by atoms with van der Waals surface area (Å²) in [6, 6.07) is 10.4. The number of aryl methyl sites for hydroxylation is 3. The van der Waals surface area contributed by atoms with Crippen molar-refractivity contribution in [2.75, 3.05) is 0 Å². The maximum atomic E-state index is 6.02. The summed E-state index contributed by atoms with van der Waals surface area (Å²) in [4.78, 5) is 0. The lowest BCUT2D eigenvalue weighted by Crippen LogP contribution is -2.00. The Bertz CT molecular complexity index is 588. The van der Waals surface area contributed by atoms with Gasteiger partial charge in [0.2, 0.25) is 0 Å². The van der Waals surface area contributed by atoms with Crippen molar-refractivity contribution in [1.29, 1.82) is 0 Å². The Hall–Kier alpha value is -1.31. The van der Waals surface area contributed by atoms with Gasteiger partial charge in [-0.1, -0.05) is 29.8 Å². The van der Waals surface area contributed by atoms with Crippen LogP contribution in [0, 0.1) is 20.8 Å². The minimum absolute atomic E-state index is 0.502. The number of hydrogen-bond donors (Lipinski definition) is 1. The van der Waals surface area contributed by atoms with Crippen LogP contribution < -0.4 is 5.73 Å². The Morgan fingerprint density at radius 2 is 1.56 bits per heavy atom. The molecule has 0 saturated heterocycles. The van der Waals surface area contributed by atoms with Gasteiger partial charge in [-0.3, -0.25) is 0 Å². The molecular weight excluding hydrogens is 242 g/mol. The van der Waals surface area contributed by atoms with Crippen LogP contribution in [-0.2, 0) is 6.54 Å². The molecular formula is C16H18ClN. The zero-order valence-corrected chi connectivity index (χ0v) is 11.8. The summed E-state index contributed by atoms with van der Waals surface area (Å²) >= 11 is 6.02. The van der Waals surface area contributed by atoms with Gasteiger partial charge in [0, 0.05) is 11.6 Å². The van der Waals surface area contributed by atoms with Crippen LogP contribution in [0.5, 0.6) is 0 Å². The number of nitrogens with two attached hydrogens (primary N) is 1. The largest absolute Gasteiger partial charge is 0.326 e. The number of hydrogen-bond acceptors (Lipinski definition) is 1. The second kappa shape index (κ2) is 5.13. The molecule has 18 heavy (non-hydrogen) atoms. The van der Waals surface area contributed by atoms with Crippen LogP contribution in [0.25, 0.3) is 11.1 Å². The fraction of sp³-hybridized carbons (Fsp3) is 0.250. The molecule has 0 saturated carbocycles. The van der Waals surface area contributed by atoms with Crippen molar-refractivity contribution in [3.63, 3.8) is 0 Å². The van der Waals surface area contributed by atoms with Gasteiger partial charge >= 0.3 is 0 Å². The van der Waals surface area contributed by atoms with Crippen LogP contribution in [0.15, 0.2) is 30.3 Å². The van der Waals surface area contributed by atoms with Gasteiger partial charge in [0.15, 0.2) is 0 Å². The third-order valence-electron chi connectivity index (χ3n) is 3.42. The van der Waals surface area contributed by atoms with Crippen LogP contribution in [0.4, 0.5) is 0 Å². The second-order valence-electron chi connectivity index (χ2n) is 4.76. The lowest BCUT2D eigenvalue weighted by atomic mass is 9.92. The van der Waals surface area contributed by atoms with Crippen LogP contribution in [0.1, 0.15) is 22.3 Å². The van der Waals surface area contributed by atoms with Crippen molar-refractivity contribution < 1.29 is 0 Å². The fourth-order valence-corrected chi connectivity index (χ4v) is 2.44. The van der Waals surface area contributed by atoms with E-state index in [0.29, 0.717) is 6.54 Å². The third kappa shape index (κ3) is 2.43. The summed E-state index contributed by atoms with van der Waals surface area (Å²) in [7, 11) is 0. The smallest absolute Gasteiger partial charge is 0.0409 e. The average molecular weight is 260 g/mol. The SMILES string of the molecule is Cc1cc(C)c(-c2ccc(Cl)cc2CN)cc1C. The van der Waals surface area contributed by atoms with Crippen molar-refractivity contribution in [1.82, 2.24) is 0 Å². The highest BCUT2D eigenvalue weighted by Gasteiger charge is 2.09. The molecule has 0 fully saturated rings. The summed E-state index contributed by atoms with van der Waals surface area (Å²) in [5.41, 5.74) is 13.2. The molecule has 2 aromatic carbocycles. The molecule has 2 N–H and O–H groups in total. The van der Waals surface area contributed by atoms with Crippen LogP contribution in [-0.4, -0.2) is 0 Å². The molecule has 0 aromatic heterocycles. The van der Waals surface area contributed by atoms with E-state index in [-0.39, 0.29) is 0 Å². The minimum Gasteiger partial charge on any atom is -0.326 e. The Morgan fingerprint density at radius 1 is 0.889 bits per heavy atom. The molecule has 0 aliphatic carbocycles. The molecule has 0 radical (unpaired) electrons. The van der Waals surface area contributed by atoms with Crippen molar-refractivity contribution >= 4 is 11.6 Å². The zero-order valence-electron chi connectivity index (χ0n) is 11.0. The molecule has 0 bridgehead atoms. The highest BCUT2D eigenvalue weighted by molar-refractivity contribution is 6.30. The summed E-state index contributed by atoms with van der Waals surface area (Å²) < 4.78 is 0. The second-order valence-corrected chi connectivity index (χ2v) is 5.19. The normalized spacial score (nSPS) is 10.7. The Balaban J connectivity index is 2.65. The van der Waals surface area contributed by atoms with Gasteiger partial charge in [0.05, 0.1) is 0 Å². The zero-order chi connectivity index (χ0) is 13.3. The maximum Gasteiger partial charge on any atom is 0.0409 e. The predicted octanol–water partition coefficient (Wildman–Crippen LogP) is 4.39. The highest BCUT2D eigenvalue weighted by Crippen LogP contribution is 2.30.